The lowest BCUT2D eigenvalue weighted by Crippen LogP contribution is -2.21. The number of urea groups is 1. The predicted molar refractivity (Wildman–Crippen MR) is 80.8 cm³/mol. The van der Waals surface area contributed by atoms with E-state index in [0.717, 1.165) is 23.7 Å². The molecule has 0 saturated carbocycles. The number of hydrogen-bond acceptors (Lipinski definition) is 5. The summed E-state index contributed by atoms with van der Waals surface area (Å²) in [4.78, 5) is 15.7. The first kappa shape index (κ1) is 16.8. The maximum absolute atomic E-state index is 12.9. The van der Waals surface area contributed by atoms with Gasteiger partial charge in [0.25, 0.3) is 0 Å². The highest BCUT2D eigenvalue weighted by Gasteiger charge is 2.34. The van der Waals surface area contributed by atoms with Crippen LogP contribution in [0, 0.1) is 0 Å². The maximum Gasteiger partial charge on any atom is 0.418 e. The maximum atomic E-state index is 12.9. The molecular formula is C11H8ClF3N4OS2. The number of aromatic nitrogens is 2. The van der Waals surface area contributed by atoms with Gasteiger partial charge in [0.05, 0.1) is 11.3 Å². The summed E-state index contributed by atoms with van der Waals surface area (Å²) in [6, 6.07) is 2.23. The van der Waals surface area contributed by atoms with Crippen molar-refractivity contribution in [3.63, 3.8) is 0 Å². The molecule has 0 aliphatic rings. The van der Waals surface area contributed by atoms with Crippen LogP contribution in [0.15, 0.2) is 23.4 Å². The lowest BCUT2D eigenvalue weighted by atomic mass is 10.1. The van der Waals surface area contributed by atoms with Crippen molar-refractivity contribution in [1.82, 2.24) is 9.36 Å². The van der Waals surface area contributed by atoms with Crippen LogP contribution < -0.4 is 10.6 Å². The molecule has 0 aliphatic carbocycles. The Balaban J connectivity index is 2.14. The molecule has 0 aliphatic heterocycles. The molecule has 118 valence electrons. The average molecular weight is 369 g/mol. The molecule has 1 aromatic heterocycles. The first-order valence-corrected chi connectivity index (χ1v) is 7.99. The average Bonchev–Trinajstić information content (AvgIpc) is 2.87. The first-order valence-electron chi connectivity index (χ1n) is 5.62. The van der Waals surface area contributed by atoms with E-state index in [0.29, 0.717) is 5.16 Å². The van der Waals surface area contributed by atoms with E-state index in [1.165, 1.54) is 17.8 Å². The van der Waals surface area contributed by atoms with Gasteiger partial charge in [0.1, 0.15) is 0 Å². The van der Waals surface area contributed by atoms with E-state index in [2.05, 4.69) is 20.0 Å². The zero-order valence-corrected chi connectivity index (χ0v) is 13.3. The molecule has 1 aromatic carbocycles. The van der Waals surface area contributed by atoms with E-state index in [-0.39, 0.29) is 10.2 Å². The summed E-state index contributed by atoms with van der Waals surface area (Å²) < 4.78 is 42.6. The fourth-order valence-electron chi connectivity index (χ4n) is 1.45. The fourth-order valence-corrected chi connectivity index (χ4v) is 2.75. The SMILES string of the molecule is CSc1nsc(NC(=O)Nc2ccc(Cl)cc2C(F)(F)F)n1. The van der Waals surface area contributed by atoms with Crippen LogP contribution in [0.1, 0.15) is 5.56 Å². The number of halogens is 4. The molecule has 0 saturated heterocycles. The molecule has 22 heavy (non-hydrogen) atoms. The van der Waals surface area contributed by atoms with Gasteiger partial charge in [-0.05, 0) is 24.5 Å². The number of benzene rings is 1. The summed E-state index contributed by atoms with van der Waals surface area (Å²) in [6.07, 6.45) is -2.88. The van der Waals surface area contributed by atoms with Crippen LogP contribution >= 0.6 is 34.9 Å². The number of amides is 2. The fraction of sp³-hybridized carbons (Fsp3) is 0.182. The second kappa shape index (κ2) is 6.71. The Hall–Kier alpha value is -1.52. The van der Waals surface area contributed by atoms with Crippen molar-refractivity contribution in [1.29, 1.82) is 0 Å². The van der Waals surface area contributed by atoms with Gasteiger partial charge in [0.2, 0.25) is 10.3 Å². The largest absolute Gasteiger partial charge is 0.418 e. The third-order valence-corrected chi connectivity index (χ3v) is 3.87. The molecule has 0 fully saturated rings. The lowest BCUT2D eigenvalue weighted by Gasteiger charge is -2.14. The highest BCUT2D eigenvalue weighted by atomic mass is 35.5. The molecule has 5 nitrogen and oxygen atoms in total. The number of nitrogens with one attached hydrogen (secondary N) is 2. The standard InChI is InChI=1S/C11H8ClF3N4OS2/c1-21-10-18-9(22-19-10)17-8(20)16-7-3-2-5(12)4-6(7)11(13,14)15/h2-4H,1H3,(H2,16,17,18,19,20). The zero-order chi connectivity index (χ0) is 16.3. The Morgan fingerprint density at radius 3 is 2.68 bits per heavy atom. The van der Waals surface area contributed by atoms with Gasteiger partial charge < -0.3 is 5.32 Å². The van der Waals surface area contributed by atoms with Gasteiger partial charge in [-0.25, -0.2) is 4.79 Å². The van der Waals surface area contributed by atoms with E-state index < -0.39 is 23.5 Å². The number of nitrogens with zero attached hydrogens (tertiary/aromatic N) is 2. The molecule has 2 amide bonds. The number of carbonyl (C=O) groups is 1. The normalized spacial score (nSPS) is 11.3. The number of anilines is 2. The molecular weight excluding hydrogens is 361 g/mol. The summed E-state index contributed by atoms with van der Waals surface area (Å²) in [6.45, 7) is 0. The molecule has 0 radical (unpaired) electrons. The van der Waals surface area contributed by atoms with E-state index in [1.54, 1.807) is 6.26 Å². The van der Waals surface area contributed by atoms with Crippen LogP contribution in [0.3, 0.4) is 0 Å². The van der Waals surface area contributed by atoms with Gasteiger partial charge in [-0.2, -0.15) is 22.5 Å². The molecule has 1 heterocycles. The van der Waals surface area contributed by atoms with Gasteiger partial charge in [-0.3, -0.25) is 5.32 Å². The van der Waals surface area contributed by atoms with Crippen LogP contribution in [0.4, 0.5) is 28.8 Å². The second-order valence-corrected chi connectivity index (χ2v) is 5.81. The third-order valence-electron chi connectivity index (χ3n) is 2.35. The molecule has 2 rings (SSSR count). The molecule has 0 unspecified atom stereocenters. The summed E-state index contributed by atoms with van der Waals surface area (Å²) in [5.74, 6) is 0. The van der Waals surface area contributed by atoms with Crippen molar-refractivity contribution in [2.45, 2.75) is 11.3 Å². The van der Waals surface area contributed by atoms with Crippen molar-refractivity contribution in [2.24, 2.45) is 0 Å². The van der Waals surface area contributed by atoms with Gasteiger partial charge in [0, 0.05) is 16.6 Å². The summed E-state index contributed by atoms with van der Waals surface area (Å²) in [5, 5.41) is 5.01. The monoisotopic (exact) mass is 368 g/mol. The minimum atomic E-state index is -4.64. The number of carbonyl (C=O) groups excluding carboxylic acids is 1. The zero-order valence-electron chi connectivity index (χ0n) is 10.9. The summed E-state index contributed by atoms with van der Waals surface area (Å²) in [5.41, 5.74) is -1.43. The van der Waals surface area contributed by atoms with E-state index in [9.17, 15) is 18.0 Å². The number of hydrogen-bond donors (Lipinski definition) is 2. The molecule has 0 spiro atoms. The van der Waals surface area contributed by atoms with E-state index >= 15 is 0 Å². The molecule has 0 atom stereocenters. The Morgan fingerprint density at radius 2 is 2.09 bits per heavy atom. The highest BCUT2D eigenvalue weighted by Crippen LogP contribution is 2.36. The Kier molecular flexibility index (Phi) is 5.14. The minimum absolute atomic E-state index is 0.0768. The van der Waals surface area contributed by atoms with Crippen molar-refractivity contribution in [3.05, 3.63) is 28.8 Å². The van der Waals surface area contributed by atoms with Crippen LogP contribution in [0.25, 0.3) is 0 Å². The predicted octanol–water partition coefficient (Wildman–Crippen LogP) is 4.58. The van der Waals surface area contributed by atoms with Gasteiger partial charge in [-0.15, -0.1) is 0 Å². The number of thioether (sulfide) groups is 1. The highest BCUT2D eigenvalue weighted by molar-refractivity contribution is 7.98. The minimum Gasteiger partial charge on any atom is -0.307 e. The van der Waals surface area contributed by atoms with Crippen LogP contribution in [0.5, 0.6) is 0 Å². The molecule has 0 bridgehead atoms. The smallest absolute Gasteiger partial charge is 0.307 e. The molecule has 2 aromatic rings. The van der Waals surface area contributed by atoms with Crippen LogP contribution in [-0.2, 0) is 6.18 Å². The van der Waals surface area contributed by atoms with Gasteiger partial charge >= 0.3 is 12.2 Å². The Labute approximate surface area is 136 Å². The lowest BCUT2D eigenvalue weighted by molar-refractivity contribution is -0.136. The topological polar surface area (TPSA) is 66.9 Å². The van der Waals surface area contributed by atoms with Crippen molar-refractivity contribution < 1.29 is 18.0 Å². The van der Waals surface area contributed by atoms with E-state index in [4.69, 9.17) is 11.6 Å². The van der Waals surface area contributed by atoms with Crippen molar-refractivity contribution in [2.75, 3.05) is 16.9 Å². The Bertz CT molecular complexity index is 692. The Morgan fingerprint density at radius 1 is 1.36 bits per heavy atom. The van der Waals surface area contributed by atoms with E-state index in [1.807, 2.05) is 0 Å². The number of rotatable bonds is 3. The van der Waals surface area contributed by atoms with Crippen LogP contribution in [-0.4, -0.2) is 21.6 Å². The van der Waals surface area contributed by atoms with Gasteiger partial charge in [-0.1, -0.05) is 23.4 Å². The quantitative estimate of drug-likeness (QED) is 0.778. The van der Waals surface area contributed by atoms with Crippen LogP contribution in [0.2, 0.25) is 5.02 Å². The van der Waals surface area contributed by atoms with Crippen molar-refractivity contribution >= 4 is 51.7 Å². The van der Waals surface area contributed by atoms with Crippen molar-refractivity contribution in [3.8, 4) is 0 Å². The summed E-state index contributed by atoms with van der Waals surface area (Å²) in [7, 11) is 0. The second-order valence-electron chi connectivity index (χ2n) is 3.85. The summed E-state index contributed by atoms with van der Waals surface area (Å²) >= 11 is 7.77. The molecule has 2 N–H and O–H groups in total. The van der Waals surface area contributed by atoms with Gasteiger partial charge in [0.15, 0.2) is 0 Å². The first-order chi connectivity index (χ1) is 10.3. The molecule has 11 heteroatoms. The number of alkyl halides is 3. The third kappa shape index (κ3) is 4.24.